The number of halogens is 2. The fourth-order valence-corrected chi connectivity index (χ4v) is 4.08. The van der Waals surface area contributed by atoms with Crippen molar-refractivity contribution in [2.75, 3.05) is 0 Å². The van der Waals surface area contributed by atoms with Crippen LogP contribution in [0.4, 0.5) is 5.69 Å². The minimum atomic E-state index is -0.465. The quantitative estimate of drug-likeness (QED) is 0.150. The molecule has 0 radical (unpaired) electrons. The Hall–Kier alpha value is -3.56. The predicted molar refractivity (Wildman–Crippen MR) is 144 cm³/mol. The van der Waals surface area contributed by atoms with Crippen LogP contribution in [-0.4, -0.2) is 20.8 Å². The molecule has 1 heterocycles. The van der Waals surface area contributed by atoms with Gasteiger partial charge in [-0.05, 0) is 42.0 Å². The van der Waals surface area contributed by atoms with E-state index < -0.39 is 10.3 Å². The van der Waals surface area contributed by atoms with Crippen LogP contribution < -0.4 is 10.3 Å². The van der Waals surface area contributed by atoms with Gasteiger partial charge in [0.1, 0.15) is 18.2 Å². The molecule has 3 aromatic carbocycles. The number of nitrogens with zero attached hydrogens (tertiary/aromatic N) is 4. The van der Waals surface area contributed by atoms with Crippen molar-refractivity contribution in [2.45, 2.75) is 32.8 Å². The summed E-state index contributed by atoms with van der Waals surface area (Å²) in [5, 5.41) is 16.4. The van der Waals surface area contributed by atoms with E-state index in [2.05, 4.69) is 21.0 Å². The van der Waals surface area contributed by atoms with Crippen LogP contribution in [0.1, 0.15) is 37.7 Å². The Morgan fingerprint density at radius 2 is 1.94 bits per heavy atom. The van der Waals surface area contributed by atoms with Crippen molar-refractivity contribution in [3.63, 3.8) is 0 Å². The molecular weight excluding hydrogens is 548 g/mol. The van der Waals surface area contributed by atoms with E-state index in [0.717, 1.165) is 4.47 Å². The molecule has 10 heteroatoms. The lowest BCUT2D eigenvalue weighted by Crippen LogP contribution is -2.29. The number of nitro groups is 1. The average molecular weight is 570 g/mol. The third kappa shape index (κ3) is 5.63. The van der Waals surface area contributed by atoms with Gasteiger partial charge < -0.3 is 4.74 Å². The van der Waals surface area contributed by atoms with E-state index in [1.165, 1.54) is 23.0 Å². The molecule has 0 fully saturated rings. The standard InChI is InChI=1S/C26H22BrClN4O4/c1-26(2,3)25-30-22-9-7-18(27)13-21(22)24(33)31(25)29-14-17-12-19(28)8-10-23(17)36-15-16-5-4-6-20(11-16)32(34)35/h4-14H,15H2,1-3H3. The summed E-state index contributed by atoms with van der Waals surface area (Å²) >= 11 is 9.63. The maximum absolute atomic E-state index is 13.4. The van der Waals surface area contributed by atoms with Gasteiger partial charge in [0.15, 0.2) is 0 Å². The monoisotopic (exact) mass is 568 g/mol. The minimum absolute atomic E-state index is 0.0153. The van der Waals surface area contributed by atoms with E-state index >= 15 is 0 Å². The largest absolute Gasteiger partial charge is 0.488 e. The Balaban J connectivity index is 1.73. The molecule has 184 valence electrons. The highest BCUT2D eigenvalue weighted by Gasteiger charge is 2.23. The summed E-state index contributed by atoms with van der Waals surface area (Å²) in [4.78, 5) is 28.7. The maximum Gasteiger partial charge on any atom is 0.282 e. The third-order valence-electron chi connectivity index (χ3n) is 5.28. The van der Waals surface area contributed by atoms with Crippen LogP contribution in [0.15, 0.2) is 75.0 Å². The number of hydrogen-bond acceptors (Lipinski definition) is 6. The third-order valence-corrected chi connectivity index (χ3v) is 6.01. The van der Waals surface area contributed by atoms with Crippen molar-refractivity contribution in [1.82, 2.24) is 9.66 Å². The summed E-state index contributed by atoms with van der Waals surface area (Å²) in [5.41, 5.74) is 0.977. The Bertz CT molecular complexity index is 1560. The van der Waals surface area contributed by atoms with Crippen LogP contribution in [0, 0.1) is 10.1 Å². The molecule has 0 aliphatic heterocycles. The lowest BCUT2D eigenvalue weighted by atomic mass is 9.95. The summed E-state index contributed by atoms with van der Waals surface area (Å²) in [6.45, 7) is 5.97. The molecule has 0 saturated heterocycles. The normalized spacial score (nSPS) is 11.8. The molecule has 0 spiro atoms. The molecule has 0 N–H and O–H groups in total. The molecule has 0 bridgehead atoms. The second-order valence-electron chi connectivity index (χ2n) is 9.11. The minimum Gasteiger partial charge on any atom is -0.488 e. The van der Waals surface area contributed by atoms with E-state index in [0.29, 0.717) is 38.6 Å². The van der Waals surface area contributed by atoms with Gasteiger partial charge in [0.25, 0.3) is 11.2 Å². The molecule has 8 nitrogen and oxygen atoms in total. The fraction of sp³-hybridized carbons (Fsp3) is 0.192. The van der Waals surface area contributed by atoms with Gasteiger partial charge in [0.05, 0.1) is 22.0 Å². The lowest BCUT2D eigenvalue weighted by molar-refractivity contribution is -0.384. The highest BCUT2D eigenvalue weighted by atomic mass is 79.9. The number of rotatable bonds is 6. The van der Waals surface area contributed by atoms with Gasteiger partial charge in [-0.15, -0.1) is 0 Å². The molecule has 36 heavy (non-hydrogen) atoms. The number of hydrogen-bond donors (Lipinski definition) is 0. The summed E-state index contributed by atoms with van der Waals surface area (Å²) in [7, 11) is 0. The second kappa shape index (κ2) is 10.2. The Morgan fingerprint density at radius 3 is 2.67 bits per heavy atom. The zero-order valence-electron chi connectivity index (χ0n) is 19.7. The van der Waals surface area contributed by atoms with Gasteiger partial charge in [0.2, 0.25) is 0 Å². The van der Waals surface area contributed by atoms with Crippen LogP contribution >= 0.6 is 27.5 Å². The van der Waals surface area contributed by atoms with Crippen molar-refractivity contribution < 1.29 is 9.66 Å². The van der Waals surface area contributed by atoms with Crippen molar-refractivity contribution in [2.24, 2.45) is 5.10 Å². The molecule has 0 aliphatic carbocycles. The van der Waals surface area contributed by atoms with Crippen molar-refractivity contribution in [3.05, 3.63) is 108 Å². The van der Waals surface area contributed by atoms with Gasteiger partial charge in [0, 0.05) is 32.6 Å². The van der Waals surface area contributed by atoms with E-state index in [4.69, 9.17) is 21.3 Å². The van der Waals surface area contributed by atoms with E-state index in [9.17, 15) is 14.9 Å². The van der Waals surface area contributed by atoms with Crippen LogP contribution in [0.5, 0.6) is 5.75 Å². The van der Waals surface area contributed by atoms with E-state index in [-0.39, 0.29) is 17.9 Å². The molecule has 0 aliphatic rings. The average Bonchev–Trinajstić information content (AvgIpc) is 2.82. The maximum atomic E-state index is 13.4. The second-order valence-corrected chi connectivity index (χ2v) is 10.5. The molecule has 0 saturated carbocycles. The first-order valence-electron chi connectivity index (χ1n) is 11.0. The van der Waals surface area contributed by atoms with E-state index in [1.807, 2.05) is 26.8 Å². The predicted octanol–water partition coefficient (Wildman–Crippen LogP) is 6.48. The van der Waals surface area contributed by atoms with Gasteiger partial charge >= 0.3 is 0 Å². The molecular formula is C26H22BrClN4O4. The molecule has 4 rings (SSSR count). The van der Waals surface area contributed by atoms with Crippen molar-refractivity contribution in [1.29, 1.82) is 0 Å². The summed E-state index contributed by atoms with van der Waals surface area (Å²) < 4.78 is 7.99. The molecule has 0 atom stereocenters. The number of ether oxygens (including phenoxy) is 1. The van der Waals surface area contributed by atoms with Gasteiger partial charge in [-0.1, -0.05) is 60.4 Å². The molecule has 0 unspecified atom stereocenters. The SMILES string of the molecule is CC(C)(C)c1nc2ccc(Br)cc2c(=O)n1N=Cc1cc(Cl)ccc1OCc1cccc([N+](=O)[O-])c1. The highest BCUT2D eigenvalue weighted by Crippen LogP contribution is 2.25. The topological polar surface area (TPSA) is 99.6 Å². The number of aromatic nitrogens is 2. The fourth-order valence-electron chi connectivity index (χ4n) is 3.53. The molecule has 1 aromatic heterocycles. The Labute approximate surface area is 220 Å². The first-order valence-corrected chi connectivity index (χ1v) is 12.1. The number of non-ortho nitro benzene ring substituents is 1. The number of benzene rings is 3. The summed E-state index contributed by atoms with van der Waals surface area (Å²) in [6, 6.07) is 16.6. The Kier molecular flexibility index (Phi) is 7.23. The Morgan fingerprint density at radius 1 is 1.17 bits per heavy atom. The summed E-state index contributed by atoms with van der Waals surface area (Å²) in [6.07, 6.45) is 1.50. The lowest BCUT2D eigenvalue weighted by Gasteiger charge is -2.21. The van der Waals surface area contributed by atoms with Gasteiger partial charge in [-0.3, -0.25) is 14.9 Å². The van der Waals surface area contributed by atoms with Crippen molar-refractivity contribution >= 4 is 50.3 Å². The smallest absolute Gasteiger partial charge is 0.282 e. The van der Waals surface area contributed by atoms with Gasteiger partial charge in [-0.25, -0.2) is 4.98 Å². The zero-order valence-corrected chi connectivity index (χ0v) is 22.1. The van der Waals surface area contributed by atoms with Crippen LogP contribution in [0.25, 0.3) is 10.9 Å². The first kappa shape index (κ1) is 25.5. The molecule has 4 aromatic rings. The summed E-state index contributed by atoms with van der Waals surface area (Å²) in [5.74, 6) is 0.955. The van der Waals surface area contributed by atoms with Crippen LogP contribution in [-0.2, 0) is 12.0 Å². The van der Waals surface area contributed by atoms with Gasteiger partial charge in [-0.2, -0.15) is 9.78 Å². The zero-order chi connectivity index (χ0) is 26.0. The van der Waals surface area contributed by atoms with E-state index in [1.54, 1.807) is 42.5 Å². The van der Waals surface area contributed by atoms with Crippen LogP contribution in [0.3, 0.4) is 0 Å². The first-order chi connectivity index (χ1) is 17.0. The number of nitro benzene ring substituents is 1. The number of fused-ring (bicyclic) bond motifs is 1. The molecule has 0 amide bonds. The van der Waals surface area contributed by atoms with Crippen LogP contribution in [0.2, 0.25) is 5.02 Å². The van der Waals surface area contributed by atoms with Crippen molar-refractivity contribution in [3.8, 4) is 5.75 Å². The highest BCUT2D eigenvalue weighted by molar-refractivity contribution is 9.10.